The first-order valence-corrected chi connectivity index (χ1v) is 6.98. The number of nitrogens with zero attached hydrogens (tertiary/aromatic N) is 2. The highest BCUT2D eigenvalue weighted by Crippen LogP contribution is 2.35. The van der Waals surface area contributed by atoms with Crippen molar-refractivity contribution in [2.24, 2.45) is 5.41 Å². The molecule has 1 fully saturated rings. The number of aliphatic hydroxyl groups is 1. The number of carboxylic acids is 1. The van der Waals surface area contributed by atoms with Crippen molar-refractivity contribution in [2.75, 3.05) is 18.5 Å². The van der Waals surface area contributed by atoms with Crippen molar-refractivity contribution < 1.29 is 15.0 Å². The van der Waals surface area contributed by atoms with Gasteiger partial charge in [-0.25, -0.2) is 14.8 Å². The number of anilines is 1. The summed E-state index contributed by atoms with van der Waals surface area (Å²) in [6.07, 6.45) is 5.42. The molecule has 0 saturated heterocycles. The van der Waals surface area contributed by atoms with Gasteiger partial charge in [-0.3, -0.25) is 0 Å². The summed E-state index contributed by atoms with van der Waals surface area (Å²) in [5.41, 5.74) is 0.470. The van der Waals surface area contributed by atoms with Crippen LogP contribution in [-0.2, 0) is 0 Å². The molecule has 0 radical (unpaired) electrons. The lowest BCUT2D eigenvalue weighted by atomic mass is 9.74. The largest absolute Gasteiger partial charge is 0.477 e. The Morgan fingerprint density at radius 3 is 2.65 bits per heavy atom. The summed E-state index contributed by atoms with van der Waals surface area (Å²) < 4.78 is 0. The topological polar surface area (TPSA) is 95.3 Å². The zero-order valence-corrected chi connectivity index (χ0v) is 11.7. The van der Waals surface area contributed by atoms with Gasteiger partial charge in [0.15, 0.2) is 5.69 Å². The van der Waals surface area contributed by atoms with E-state index in [1.807, 2.05) is 0 Å². The van der Waals surface area contributed by atoms with E-state index in [9.17, 15) is 9.90 Å². The van der Waals surface area contributed by atoms with Crippen molar-refractivity contribution in [1.82, 2.24) is 9.97 Å². The Labute approximate surface area is 118 Å². The number of rotatable bonds is 5. The summed E-state index contributed by atoms with van der Waals surface area (Å²) in [6.45, 7) is 2.45. The normalized spacial score (nSPS) is 17.7. The second-order valence-corrected chi connectivity index (χ2v) is 5.60. The van der Waals surface area contributed by atoms with Gasteiger partial charge in [0.05, 0.1) is 6.61 Å². The fourth-order valence-corrected chi connectivity index (χ4v) is 2.72. The summed E-state index contributed by atoms with van der Waals surface area (Å²) in [5, 5.41) is 21.7. The number of carbonyl (C=O) groups is 1. The van der Waals surface area contributed by atoms with Gasteiger partial charge in [-0.1, -0.05) is 19.3 Å². The zero-order valence-electron chi connectivity index (χ0n) is 11.7. The van der Waals surface area contributed by atoms with Gasteiger partial charge in [-0.05, 0) is 25.8 Å². The van der Waals surface area contributed by atoms with Crippen LogP contribution >= 0.6 is 0 Å². The molecular weight excluding hydrogens is 258 g/mol. The monoisotopic (exact) mass is 279 g/mol. The van der Waals surface area contributed by atoms with Crippen LogP contribution in [0.3, 0.4) is 0 Å². The van der Waals surface area contributed by atoms with Crippen LogP contribution in [0.1, 0.15) is 48.3 Å². The molecule has 0 aliphatic heterocycles. The van der Waals surface area contributed by atoms with Gasteiger partial charge in [0, 0.05) is 17.7 Å². The van der Waals surface area contributed by atoms with E-state index in [0.717, 1.165) is 25.7 Å². The second-order valence-electron chi connectivity index (χ2n) is 5.60. The van der Waals surface area contributed by atoms with Crippen LogP contribution in [-0.4, -0.2) is 39.3 Å². The quantitative estimate of drug-likeness (QED) is 0.761. The molecule has 1 aliphatic rings. The minimum Gasteiger partial charge on any atom is -0.477 e. The summed E-state index contributed by atoms with van der Waals surface area (Å²) in [7, 11) is 0. The van der Waals surface area contributed by atoms with E-state index in [4.69, 9.17) is 5.11 Å². The van der Waals surface area contributed by atoms with Crippen LogP contribution in [0, 0.1) is 12.3 Å². The van der Waals surface area contributed by atoms with Gasteiger partial charge < -0.3 is 15.5 Å². The molecule has 1 saturated carbocycles. The third-order valence-corrected chi connectivity index (χ3v) is 3.94. The Morgan fingerprint density at radius 2 is 2.05 bits per heavy atom. The molecule has 0 bridgehead atoms. The van der Waals surface area contributed by atoms with Gasteiger partial charge in [0.2, 0.25) is 5.95 Å². The van der Waals surface area contributed by atoms with Crippen molar-refractivity contribution in [2.45, 2.75) is 39.0 Å². The lowest BCUT2D eigenvalue weighted by Crippen LogP contribution is -2.36. The molecule has 2 rings (SSSR count). The lowest BCUT2D eigenvalue weighted by Gasteiger charge is -2.35. The van der Waals surface area contributed by atoms with E-state index in [1.54, 1.807) is 6.92 Å². The van der Waals surface area contributed by atoms with E-state index in [2.05, 4.69) is 15.3 Å². The molecule has 3 N–H and O–H groups in total. The molecule has 1 aliphatic carbocycles. The molecule has 1 aromatic rings. The fraction of sp³-hybridized carbons (Fsp3) is 0.643. The van der Waals surface area contributed by atoms with Crippen molar-refractivity contribution in [3.8, 4) is 0 Å². The summed E-state index contributed by atoms with van der Waals surface area (Å²) in [4.78, 5) is 19.2. The number of aliphatic hydroxyl groups excluding tert-OH is 1. The summed E-state index contributed by atoms with van der Waals surface area (Å²) in [5.74, 6) is -0.742. The van der Waals surface area contributed by atoms with Gasteiger partial charge >= 0.3 is 5.97 Å². The standard InChI is InChI=1S/C14H21N3O3/c1-10-7-11(12(19)20)17-13(16-10)15-8-14(9-18)5-3-2-4-6-14/h7,18H,2-6,8-9H2,1H3,(H,19,20)(H,15,16,17). The van der Waals surface area contributed by atoms with Crippen molar-refractivity contribution in [1.29, 1.82) is 0 Å². The number of nitrogens with one attached hydrogen (secondary N) is 1. The Morgan fingerprint density at radius 1 is 1.35 bits per heavy atom. The zero-order chi connectivity index (χ0) is 14.6. The first kappa shape index (κ1) is 14.7. The Bertz CT molecular complexity index is 485. The van der Waals surface area contributed by atoms with Gasteiger partial charge in [-0.15, -0.1) is 0 Å². The molecule has 110 valence electrons. The molecule has 0 aromatic carbocycles. The Kier molecular flexibility index (Phi) is 4.54. The molecule has 6 nitrogen and oxygen atoms in total. The van der Waals surface area contributed by atoms with Gasteiger partial charge in [0.25, 0.3) is 0 Å². The van der Waals surface area contributed by atoms with Crippen LogP contribution in [0.2, 0.25) is 0 Å². The summed E-state index contributed by atoms with van der Waals surface area (Å²) in [6, 6.07) is 1.44. The van der Waals surface area contributed by atoms with Crippen LogP contribution in [0.25, 0.3) is 0 Å². The van der Waals surface area contributed by atoms with Crippen LogP contribution in [0.5, 0.6) is 0 Å². The number of aromatic nitrogens is 2. The average molecular weight is 279 g/mol. The second kappa shape index (κ2) is 6.17. The minimum absolute atomic E-state index is 0.0123. The van der Waals surface area contributed by atoms with Crippen molar-refractivity contribution in [3.05, 3.63) is 17.5 Å². The predicted octanol–water partition coefficient (Wildman–Crippen LogP) is 1.84. The van der Waals surface area contributed by atoms with Crippen LogP contribution in [0.4, 0.5) is 5.95 Å². The maximum Gasteiger partial charge on any atom is 0.354 e. The molecule has 0 spiro atoms. The minimum atomic E-state index is -1.06. The highest BCUT2D eigenvalue weighted by atomic mass is 16.4. The number of aryl methyl sites for hydroxylation is 1. The molecule has 0 atom stereocenters. The Hall–Kier alpha value is -1.69. The van der Waals surface area contributed by atoms with E-state index in [0.29, 0.717) is 18.2 Å². The number of aromatic carboxylic acids is 1. The third kappa shape index (κ3) is 3.45. The van der Waals surface area contributed by atoms with E-state index >= 15 is 0 Å². The van der Waals surface area contributed by atoms with E-state index < -0.39 is 5.97 Å². The first-order chi connectivity index (χ1) is 9.54. The molecular formula is C14H21N3O3. The lowest BCUT2D eigenvalue weighted by molar-refractivity contribution is 0.0690. The van der Waals surface area contributed by atoms with Gasteiger partial charge in [0.1, 0.15) is 0 Å². The maximum atomic E-state index is 11.0. The molecule has 0 unspecified atom stereocenters. The maximum absolute atomic E-state index is 11.0. The van der Waals surface area contributed by atoms with Crippen LogP contribution in [0.15, 0.2) is 6.07 Å². The highest BCUT2D eigenvalue weighted by molar-refractivity contribution is 5.85. The molecule has 1 heterocycles. The third-order valence-electron chi connectivity index (χ3n) is 3.94. The predicted molar refractivity (Wildman–Crippen MR) is 74.8 cm³/mol. The molecule has 6 heteroatoms. The fourth-order valence-electron chi connectivity index (χ4n) is 2.72. The number of hydrogen-bond acceptors (Lipinski definition) is 5. The van der Waals surface area contributed by atoms with Gasteiger partial charge in [-0.2, -0.15) is 0 Å². The van der Waals surface area contributed by atoms with E-state index in [-0.39, 0.29) is 17.7 Å². The van der Waals surface area contributed by atoms with Crippen molar-refractivity contribution >= 4 is 11.9 Å². The van der Waals surface area contributed by atoms with Crippen LogP contribution < -0.4 is 5.32 Å². The molecule has 0 amide bonds. The number of hydrogen-bond donors (Lipinski definition) is 3. The van der Waals surface area contributed by atoms with Crippen molar-refractivity contribution in [3.63, 3.8) is 0 Å². The number of carboxylic acid groups (broad SMARTS) is 1. The highest BCUT2D eigenvalue weighted by Gasteiger charge is 2.31. The molecule has 1 aromatic heterocycles. The molecule has 20 heavy (non-hydrogen) atoms. The summed E-state index contributed by atoms with van der Waals surface area (Å²) >= 11 is 0. The Balaban J connectivity index is 2.07. The average Bonchev–Trinajstić information content (AvgIpc) is 2.45. The SMILES string of the molecule is Cc1cc(C(=O)O)nc(NCC2(CO)CCCCC2)n1. The van der Waals surface area contributed by atoms with E-state index in [1.165, 1.54) is 12.5 Å². The smallest absolute Gasteiger partial charge is 0.354 e. The first-order valence-electron chi connectivity index (χ1n) is 6.98.